The molecule has 3 rings (SSSR count). The molecule has 0 saturated carbocycles. The smallest absolute Gasteiger partial charge is 0.152 e. The summed E-state index contributed by atoms with van der Waals surface area (Å²) in [6.45, 7) is 6.29. The second-order valence-electron chi connectivity index (χ2n) is 7.21. The summed E-state index contributed by atoms with van der Waals surface area (Å²) in [5, 5.41) is 0. The quantitative estimate of drug-likeness (QED) is 0.809. The molecule has 0 amide bonds. The van der Waals surface area contributed by atoms with Crippen LogP contribution in [0, 0.1) is 5.92 Å². The van der Waals surface area contributed by atoms with Gasteiger partial charge in [-0.2, -0.15) is 0 Å². The van der Waals surface area contributed by atoms with Crippen LogP contribution in [0.1, 0.15) is 32.1 Å². The first-order chi connectivity index (χ1) is 10.0. The Bertz CT molecular complexity index is 454. The molecule has 2 N–H and O–H groups in total. The molecule has 3 heterocycles. The lowest BCUT2D eigenvalue weighted by Gasteiger charge is -2.44. The molecule has 0 aromatic carbocycles. The van der Waals surface area contributed by atoms with E-state index in [0.717, 1.165) is 25.4 Å². The van der Waals surface area contributed by atoms with Crippen LogP contribution >= 0.6 is 0 Å². The molecule has 3 aliphatic heterocycles. The van der Waals surface area contributed by atoms with Gasteiger partial charge in [0.05, 0.1) is 11.5 Å². The normalized spacial score (nSPS) is 35.5. The van der Waals surface area contributed by atoms with Crippen molar-refractivity contribution in [3.8, 4) is 0 Å². The predicted octanol–water partition coefficient (Wildman–Crippen LogP) is 0.310. The topological polar surface area (TPSA) is 66.6 Å². The number of likely N-dealkylation sites (tertiary alicyclic amines) is 2. The van der Waals surface area contributed by atoms with Crippen LogP contribution in [-0.2, 0) is 9.84 Å². The van der Waals surface area contributed by atoms with Crippen molar-refractivity contribution in [2.24, 2.45) is 11.7 Å². The zero-order chi connectivity index (χ0) is 14.9. The fourth-order valence-electron chi connectivity index (χ4n) is 4.36. The number of hydrogen-bond acceptors (Lipinski definition) is 5. The standard InChI is InChI=1S/C15H29N3O2S/c16-12-15(5-10-21(19,20)13-15)18-8-3-14(4-9-18)11-17-6-1-2-7-17/h14H,1-13,16H2. The van der Waals surface area contributed by atoms with E-state index < -0.39 is 9.84 Å². The number of nitrogens with two attached hydrogens (primary N) is 1. The van der Waals surface area contributed by atoms with E-state index in [1.165, 1.54) is 45.3 Å². The van der Waals surface area contributed by atoms with Crippen molar-refractivity contribution in [2.45, 2.75) is 37.6 Å². The van der Waals surface area contributed by atoms with E-state index in [1.807, 2.05) is 0 Å². The van der Waals surface area contributed by atoms with E-state index in [9.17, 15) is 8.42 Å². The Hall–Kier alpha value is -0.170. The zero-order valence-electron chi connectivity index (χ0n) is 13.0. The van der Waals surface area contributed by atoms with Crippen LogP contribution in [0.5, 0.6) is 0 Å². The molecule has 1 atom stereocenters. The van der Waals surface area contributed by atoms with Gasteiger partial charge >= 0.3 is 0 Å². The highest BCUT2D eigenvalue weighted by atomic mass is 32.2. The number of nitrogens with zero attached hydrogens (tertiary/aromatic N) is 2. The van der Waals surface area contributed by atoms with Crippen LogP contribution in [0.15, 0.2) is 0 Å². The Morgan fingerprint density at radius 2 is 1.76 bits per heavy atom. The molecule has 0 aromatic rings. The summed E-state index contributed by atoms with van der Waals surface area (Å²) in [6.07, 6.45) is 5.82. The Morgan fingerprint density at radius 3 is 2.29 bits per heavy atom. The van der Waals surface area contributed by atoms with Gasteiger partial charge < -0.3 is 10.6 Å². The van der Waals surface area contributed by atoms with E-state index in [4.69, 9.17) is 5.73 Å². The minimum Gasteiger partial charge on any atom is -0.329 e. The number of piperidine rings is 1. The molecular weight excluding hydrogens is 286 g/mol. The maximum Gasteiger partial charge on any atom is 0.152 e. The first-order valence-electron chi connectivity index (χ1n) is 8.41. The maximum atomic E-state index is 11.9. The summed E-state index contributed by atoms with van der Waals surface area (Å²) < 4.78 is 23.7. The molecule has 1 unspecified atom stereocenters. The molecule has 5 nitrogen and oxygen atoms in total. The number of sulfone groups is 1. The summed E-state index contributed by atoms with van der Waals surface area (Å²) in [7, 11) is -2.88. The molecular formula is C15H29N3O2S. The fraction of sp³-hybridized carbons (Fsp3) is 1.00. The lowest BCUT2D eigenvalue weighted by Crippen LogP contribution is -2.57. The second-order valence-corrected chi connectivity index (χ2v) is 9.39. The molecule has 0 aromatic heterocycles. The Kier molecular flexibility index (Phi) is 4.60. The monoisotopic (exact) mass is 315 g/mol. The molecule has 0 aliphatic carbocycles. The SMILES string of the molecule is NCC1(N2CCC(CN3CCCC3)CC2)CCS(=O)(=O)C1. The third-order valence-corrected chi connectivity index (χ3v) is 7.55. The van der Waals surface area contributed by atoms with Gasteiger partial charge in [-0.15, -0.1) is 0 Å². The Morgan fingerprint density at radius 1 is 1.10 bits per heavy atom. The van der Waals surface area contributed by atoms with Crippen LogP contribution in [0.25, 0.3) is 0 Å². The third kappa shape index (κ3) is 3.44. The van der Waals surface area contributed by atoms with Gasteiger partial charge in [0.15, 0.2) is 9.84 Å². The zero-order valence-corrected chi connectivity index (χ0v) is 13.8. The molecule has 3 fully saturated rings. The molecule has 21 heavy (non-hydrogen) atoms. The Labute approximate surface area is 128 Å². The van der Waals surface area contributed by atoms with Gasteiger partial charge in [-0.25, -0.2) is 8.42 Å². The van der Waals surface area contributed by atoms with E-state index in [0.29, 0.717) is 12.3 Å². The van der Waals surface area contributed by atoms with Crippen LogP contribution in [0.4, 0.5) is 0 Å². The highest BCUT2D eigenvalue weighted by Crippen LogP contribution is 2.33. The van der Waals surface area contributed by atoms with Gasteiger partial charge in [0.25, 0.3) is 0 Å². The van der Waals surface area contributed by atoms with Crippen molar-refractivity contribution in [3.05, 3.63) is 0 Å². The summed E-state index contributed by atoms with van der Waals surface area (Å²) in [4.78, 5) is 4.98. The van der Waals surface area contributed by atoms with Gasteiger partial charge in [0.1, 0.15) is 0 Å². The minimum absolute atomic E-state index is 0.266. The van der Waals surface area contributed by atoms with Crippen LogP contribution in [-0.4, -0.2) is 74.5 Å². The fourth-order valence-corrected chi connectivity index (χ4v) is 6.46. The first-order valence-corrected chi connectivity index (χ1v) is 10.2. The summed E-state index contributed by atoms with van der Waals surface area (Å²) in [6, 6.07) is 0. The van der Waals surface area contributed by atoms with E-state index >= 15 is 0 Å². The van der Waals surface area contributed by atoms with Crippen molar-refractivity contribution in [1.29, 1.82) is 0 Å². The molecule has 0 radical (unpaired) electrons. The average molecular weight is 315 g/mol. The van der Waals surface area contributed by atoms with Crippen molar-refractivity contribution in [2.75, 3.05) is 50.8 Å². The number of hydrogen-bond donors (Lipinski definition) is 1. The highest BCUT2D eigenvalue weighted by Gasteiger charge is 2.46. The highest BCUT2D eigenvalue weighted by molar-refractivity contribution is 7.91. The second kappa shape index (κ2) is 6.14. The summed E-state index contributed by atoms with van der Waals surface area (Å²) in [5.74, 6) is 1.37. The van der Waals surface area contributed by atoms with Crippen molar-refractivity contribution >= 4 is 9.84 Å². The average Bonchev–Trinajstić information content (AvgIpc) is 3.08. The Balaban J connectivity index is 1.55. The van der Waals surface area contributed by atoms with Crippen molar-refractivity contribution in [1.82, 2.24) is 9.80 Å². The minimum atomic E-state index is -2.88. The van der Waals surface area contributed by atoms with Gasteiger partial charge in [0.2, 0.25) is 0 Å². The van der Waals surface area contributed by atoms with Crippen molar-refractivity contribution < 1.29 is 8.42 Å². The molecule has 3 saturated heterocycles. The van der Waals surface area contributed by atoms with Gasteiger partial charge in [-0.05, 0) is 64.2 Å². The van der Waals surface area contributed by atoms with Crippen LogP contribution in [0.3, 0.4) is 0 Å². The molecule has 0 bridgehead atoms. The molecule has 3 aliphatic rings. The van der Waals surface area contributed by atoms with Gasteiger partial charge in [-0.3, -0.25) is 4.90 Å². The molecule has 6 heteroatoms. The largest absolute Gasteiger partial charge is 0.329 e. The van der Waals surface area contributed by atoms with Crippen LogP contribution in [0.2, 0.25) is 0 Å². The van der Waals surface area contributed by atoms with Gasteiger partial charge in [-0.1, -0.05) is 0 Å². The molecule has 0 spiro atoms. The van der Waals surface area contributed by atoms with Gasteiger partial charge in [0, 0.05) is 18.6 Å². The van der Waals surface area contributed by atoms with E-state index in [1.54, 1.807) is 0 Å². The van der Waals surface area contributed by atoms with Crippen LogP contribution < -0.4 is 5.73 Å². The first kappa shape index (κ1) is 15.7. The van der Waals surface area contributed by atoms with E-state index in [2.05, 4.69) is 9.80 Å². The summed E-state index contributed by atoms with van der Waals surface area (Å²) >= 11 is 0. The predicted molar refractivity (Wildman–Crippen MR) is 85.0 cm³/mol. The lowest BCUT2D eigenvalue weighted by molar-refractivity contribution is 0.0640. The third-order valence-electron chi connectivity index (χ3n) is 5.75. The summed E-state index contributed by atoms with van der Waals surface area (Å²) in [5.41, 5.74) is 5.71. The molecule has 122 valence electrons. The number of rotatable bonds is 4. The maximum absolute atomic E-state index is 11.9. The van der Waals surface area contributed by atoms with Crippen molar-refractivity contribution in [3.63, 3.8) is 0 Å². The van der Waals surface area contributed by atoms with E-state index in [-0.39, 0.29) is 11.3 Å². The lowest BCUT2D eigenvalue weighted by atomic mass is 9.89.